The van der Waals surface area contributed by atoms with Crippen molar-refractivity contribution in [2.75, 3.05) is 15.5 Å². The highest BCUT2D eigenvalue weighted by atomic mass is 79.9. The van der Waals surface area contributed by atoms with E-state index >= 15 is 0 Å². The van der Waals surface area contributed by atoms with Crippen LogP contribution in [0.4, 0.5) is 21.9 Å². The zero-order valence-corrected chi connectivity index (χ0v) is 17.6. The lowest BCUT2D eigenvalue weighted by molar-refractivity contribution is 0.262. The normalized spacial score (nSPS) is 17.2. The summed E-state index contributed by atoms with van der Waals surface area (Å²) in [7, 11) is 0. The molecule has 1 aliphatic heterocycles. The number of carbonyl (C=O) groups is 1. The highest BCUT2D eigenvalue weighted by Crippen LogP contribution is 2.27. The molecule has 152 valence electrons. The molecule has 0 bridgehead atoms. The first-order valence-electron chi connectivity index (χ1n) is 9.73. The Hall–Kier alpha value is -3.26. The van der Waals surface area contributed by atoms with Crippen molar-refractivity contribution < 1.29 is 9.21 Å². The van der Waals surface area contributed by atoms with Crippen LogP contribution < -0.4 is 32.0 Å². The number of urea groups is 1. The molecule has 3 aromatic rings. The second-order valence-corrected chi connectivity index (χ2v) is 8.12. The van der Waals surface area contributed by atoms with E-state index in [1.165, 1.54) is 17.5 Å². The standard InChI is InChI=1S/C22H20BrN5O2/c23-21-27-20-18(10-11-30-20)19(24)28(21)17-8-6-15(7-9-17)25-22(29)26-16-5-4-13-2-1-3-14(13)12-16/h4-12,21H,1-3,24H2,(H2,25,26,29). The van der Waals surface area contributed by atoms with Gasteiger partial charge in [0.25, 0.3) is 0 Å². The Labute approximate surface area is 181 Å². The highest BCUT2D eigenvalue weighted by molar-refractivity contribution is 9.09. The van der Waals surface area contributed by atoms with Crippen molar-refractivity contribution in [1.82, 2.24) is 0 Å². The zero-order chi connectivity index (χ0) is 20.7. The monoisotopic (exact) mass is 465 g/mol. The van der Waals surface area contributed by atoms with E-state index in [-0.39, 0.29) is 11.1 Å². The topological polar surface area (TPSA) is 95.9 Å². The van der Waals surface area contributed by atoms with Crippen molar-refractivity contribution in [3.8, 4) is 0 Å². The fraction of sp³-hybridized carbons (Fsp3) is 0.182. The third kappa shape index (κ3) is 3.43. The van der Waals surface area contributed by atoms with E-state index in [0.29, 0.717) is 17.1 Å². The summed E-state index contributed by atoms with van der Waals surface area (Å²) in [6, 6.07) is 15.0. The van der Waals surface area contributed by atoms with Crippen molar-refractivity contribution in [2.24, 2.45) is 10.7 Å². The summed E-state index contributed by atoms with van der Waals surface area (Å²) in [4.78, 5) is 18.7. The molecule has 1 aliphatic carbocycles. The average molecular weight is 466 g/mol. The van der Waals surface area contributed by atoms with Crippen LogP contribution in [-0.2, 0) is 12.8 Å². The van der Waals surface area contributed by atoms with Crippen LogP contribution >= 0.6 is 15.9 Å². The Bertz CT molecular complexity index is 1240. The van der Waals surface area contributed by atoms with Crippen molar-refractivity contribution in [2.45, 2.75) is 24.3 Å². The molecular formula is C22H20BrN5O2. The van der Waals surface area contributed by atoms with Crippen LogP contribution in [0.2, 0.25) is 0 Å². The van der Waals surface area contributed by atoms with Gasteiger partial charge in [0.1, 0.15) is 5.82 Å². The predicted octanol–water partition coefficient (Wildman–Crippen LogP) is 3.26. The van der Waals surface area contributed by atoms with E-state index in [0.717, 1.165) is 29.4 Å². The van der Waals surface area contributed by atoms with Crippen LogP contribution in [0.5, 0.6) is 0 Å². The lowest BCUT2D eigenvalue weighted by Crippen LogP contribution is -2.45. The molecule has 0 spiro atoms. The van der Waals surface area contributed by atoms with Gasteiger partial charge in [-0.3, -0.25) is 4.90 Å². The molecule has 0 saturated carbocycles. The maximum absolute atomic E-state index is 12.4. The summed E-state index contributed by atoms with van der Waals surface area (Å²) in [6.07, 6.45) is 4.95. The fourth-order valence-electron chi connectivity index (χ4n) is 3.91. The molecule has 2 heterocycles. The quantitative estimate of drug-likeness (QED) is 0.408. The second-order valence-electron chi connectivity index (χ2n) is 7.30. The molecule has 2 aromatic carbocycles. The summed E-state index contributed by atoms with van der Waals surface area (Å²) in [5.74, 6) is 0.547. The maximum atomic E-state index is 12.4. The molecule has 5 rings (SSSR count). The van der Waals surface area contributed by atoms with Crippen LogP contribution in [0, 0.1) is 0 Å². The van der Waals surface area contributed by atoms with E-state index in [2.05, 4.69) is 43.7 Å². The van der Waals surface area contributed by atoms with Crippen molar-refractivity contribution >= 4 is 44.8 Å². The van der Waals surface area contributed by atoms with Crippen LogP contribution in [0.3, 0.4) is 0 Å². The van der Waals surface area contributed by atoms with Crippen molar-refractivity contribution in [3.05, 3.63) is 76.7 Å². The summed E-state index contributed by atoms with van der Waals surface area (Å²) in [5, 5.41) is 6.14. The first-order valence-corrected chi connectivity index (χ1v) is 10.6. The molecule has 0 saturated heterocycles. The van der Waals surface area contributed by atoms with Crippen LogP contribution in [0.15, 0.2) is 64.2 Å². The predicted molar refractivity (Wildman–Crippen MR) is 120 cm³/mol. The zero-order valence-electron chi connectivity index (χ0n) is 16.1. The van der Waals surface area contributed by atoms with Gasteiger partial charge in [-0.2, -0.15) is 0 Å². The van der Waals surface area contributed by atoms with Gasteiger partial charge in [0.05, 0.1) is 11.5 Å². The van der Waals surface area contributed by atoms with Crippen LogP contribution in [0.25, 0.3) is 5.82 Å². The van der Waals surface area contributed by atoms with E-state index in [1.54, 1.807) is 12.3 Å². The third-order valence-electron chi connectivity index (χ3n) is 5.38. The minimum atomic E-state index is -0.377. The van der Waals surface area contributed by atoms with Gasteiger partial charge in [0.15, 0.2) is 5.08 Å². The number of hydrogen-bond acceptors (Lipinski definition) is 5. The largest absolute Gasteiger partial charge is 0.446 e. The molecule has 1 atom stereocenters. The summed E-state index contributed by atoms with van der Waals surface area (Å²) >= 11 is 3.52. The van der Waals surface area contributed by atoms with Crippen LogP contribution in [0.1, 0.15) is 17.5 Å². The molecule has 30 heavy (non-hydrogen) atoms. The van der Waals surface area contributed by atoms with E-state index in [4.69, 9.17) is 10.2 Å². The second kappa shape index (κ2) is 7.53. The Kier molecular flexibility index (Phi) is 4.71. The number of nitrogens with two attached hydrogens (primary N) is 1. The van der Waals surface area contributed by atoms with Gasteiger partial charge in [-0.1, -0.05) is 6.07 Å². The third-order valence-corrected chi connectivity index (χ3v) is 5.99. The molecule has 0 fully saturated rings. The van der Waals surface area contributed by atoms with Gasteiger partial charge < -0.3 is 20.8 Å². The maximum Gasteiger partial charge on any atom is 0.323 e. The molecule has 2 amide bonds. The summed E-state index contributed by atoms with van der Waals surface area (Å²) in [5.41, 5.74) is 11.9. The number of halogens is 1. The summed E-state index contributed by atoms with van der Waals surface area (Å²) < 4.78 is 5.34. The number of carbonyl (C=O) groups excluding carboxylic acids is 1. The first-order chi connectivity index (χ1) is 14.6. The van der Waals surface area contributed by atoms with E-state index < -0.39 is 0 Å². The van der Waals surface area contributed by atoms with Crippen molar-refractivity contribution in [3.63, 3.8) is 0 Å². The highest BCUT2D eigenvalue weighted by Gasteiger charge is 2.23. The molecule has 1 unspecified atom stereocenters. The number of aryl methyl sites for hydroxylation is 2. The number of nitrogens with one attached hydrogen (secondary N) is 2. The van der Waals surface area contributed by atoms with Gasteiger partial charge in [-0.15, -0.1) is 0 Å². The minimum absolute atomic E-state index is 0.277. The number of amides is 2. The summed E-state index contributed by atoms with van der Waals surface area (Å²) in [6.45, 7) is 0. The molecular weight excluding hydrogens is 446 g/mol. The van der Waals surface area contributed by atoms with Gasteiger partial charge in [0.2, 0.25) is 5.55 Å². The molecule has 1 aromatic heterocycles. The van der Waals surface area contributed by atoms with E-state index in [9.17, 15) is 4.79 Å². The SMILES string of the molecule is NC1=c2ccoc2=NC(Br)N1c1ccc(NC(=O)Nc2ccc3c(c2)CCC3)cc1. The Morgan fingerprint density at radius 2 is 1.80 bits per heavy atom. The molecule has 0 radical (unpaired) electrons. The molecule has 7 nitrogen and oxygen atoms in total. The number of anilines is 3. The number of rotatable bonds is 3. The number of benzene rings is 2. The smallest absolute Gasteiger partial charge is 0.323 e. The first kappa shape index (κ1) is 18.7. The number of furan rings is 1. The van der Waals surface area contributed by atoms with Crippen molar-refractivity contribution in [1.29, 1.82) is 0 Å². The number of alkyl halides is 1. The number of hydrogen-bond donors (Lipinski definition) is 3. The van der Waals surface area contributed by atoms with Gasteiger partial charge in [0, 0.05) is 17.1 Å². The van der Waals surface area contributed by atoms with Gasteiger partial charge in [-0.05, 0) is 88.8 Å². The number of fused-ring (bicyclic) bond motifs is 2. The molecule has 2 aliphatic rings. The average Bonchev–Trinajstić information content (AvgIpc) is 3.38. The van der Waals surface area contributed by atoms with Crippen LogP contribution in [-0.4, -0.2) is 11.1 Å². The lowest BCUT2D eigenvalue weighted by atomic mass is 10.1. The molecule has 8 heteroatoms. The Balaban J connectivity index is 1.29. The lowest BCUT2D eigenvalue weighted by Gasteiger charge is -2.29. The van der Waals surface area contributed by atoms with Gasteiger partial charge in [-0.25, -0.2) is 9.79 Å². The fourth-order valence-corrected chi connectivity index (χ4v) is 4.55. The minimum Gasteiger partial charge on any atom is -0.446 e. The Morgan fingerprint density at radius 1 is 1.07 bits per heavy atom. The van der Waals surface area contributed by atoms with E-state index in [1.807, 2.05) is 35.2 Å². The molecule has 4 N–H and O–H groups in total. The Morgan fingerprint density at radius 3 is 2.63 bits per heavy atom. The van der Waals surface area contributed by atoms with Gasteiger partial charge >= 0.3 is 6.03 Å². The number of nitrogens with zero attached hydrogens (tertiary/aromatic N) is 2.